The Labute approximate surface area is 349 Å². The van der Waals surface area contributed by atoms with Crippen LogP contribution in [0.2, 0.25) is 0 Å². The molecule has 0 saturated carbocycles. The van der Waals surface area contributed by atoms with Gasteiger partial charge in [-0.15, -0.1) is 11.3 Å². The van der Waals surface area contributed by atoms with Gasteiger partial charge in [-0.1, -0.05) is 140 Å². The summed E-state index contributed by atoms with van der Waals surface area (Å²) in [5.41, 5.74) is 16.6. The van der Waals surface area contributed by atoms with E-state index >= 15 is 0 Å². The third-order valence-electron chi connectivity index (χ3n) is 12.3. The van der Waals surface area contributed by atoms with E-state index in [4.69, 9.17) is 0 Å². The third-order valence-corrected chi connectivity index (χ3v) is 13.4. The number of allylic oxidation sites excluding steroid dienone is 4. The second-order valence-electron chi connectivity index (χ2n) is 15.3. The molecule has 11 rings (SSSR count). The highest BCUT2D eigenvalue weighted by molar-refractivity contribution is 7.25. The molecule has 3 heteroatoms. The standard InChI is InChI=1S/C56H40N2S/c1-3-4-30-51-38(2)56(49-28-16-17-31-52(49)58(51)42-23-12-7-13-24-42)48-27-15-14-25-45(48)55-44(26-18-29-50(55)56)39-32-34-53-46(36-39)47-37-43(33-35-54(47)59-53)57(40-19-8-5-9-20-40)41-21-10-6-11-22-41/h3-37H,1H2,2H3/b30-4-. The summed E-state index contributed by atoms with van der Waals surface area (Å²) in [4.78, 5) is 4.77. The topological polar surface area (TPSA) is 6.48 Å². The van der Waals surface area contributed by atoms with Crippen molar-refractivity contribution in [2.24, 2.45) is 0 Å². The zero-order chi connectivity index (χ0) is 39.5. The quantitative estimate of drug-likeness (QED) is 0.149. The predicted octanol–water partition coefficient (Wildman–Crippen LogP) is 15.7. The molecule has 2 heterocycles. The number of nitrogens with zero attached hydrogens (tertiary/aromatic N) is 2. The van der Waals surface area contributed by atoms with Gasteiger partial charge in [0.15, 0.2) is 0 Å². The summed E-state index contributed by atoms with van der Waals surface area (Å²) < 4.78 is 2.57. The van der Waals surface area contributed by atoms with E-state index in [0.29, 0.717) is 0 Å². The number of fused-ring (bicyclic) bond motifs is 10. The van der Waals surface area contributed by atoms with E-state index in [1.165, 1.54) is 70.4 Å². The van der Waals surface area contributed by atoms with E-state index in [9.17, 15) is 0 Å². The second-order valence-corrected chi connectivity index (χ2v) is 16.4. The normalized spacial score (nSPS) is 15.5. The minimum absolute atomic E-state index is 0.503. The van der Waals surface area contributed by atoms with Crippen LogP contribution in [0.25, 0.3) is 42.4 Å². The highest BCUT2D eigenvalue weighted by atomic mass is 32.1. The van der Waals surface area contributed by atoms with Crippen LogP contribution in [0.1, 0.15) is 23.6 Å². The minimum Gasteiger partial charge on any atom is -0.310 e. The maximum absolute atomic E-state index is 4.07. The SMILES string of the molecule is C=C/C=C\C1=C(C)C2(c3ccccc3-c3c(-c4ccc5sc6ccc(N(c7ccccc7)c7ccccc7)cc6c5c4)cccc32)c2ccccc2N1c1ccccc1. The van der Waals surface area contributed by atoms with Crippen LogP contribution in [0.15, 0.2) is 230 Å². The Kier molecular flexibility index (Phi) is 8.32. The van der Waals surface area contributed by atoms with E-state index in [0.717, 1.165) is 28.4 Å². The number of rotatable bonds is 7. The van der Waals surface area contributed by atoms with Gasteiger partial charge in [-0.2, -0.15) is 0 Å². The van der Waals surface area contributed by atoms with Crippen LogP contribution < -0.4 is 9.80 Å². The van der Waals surface area contributed by atoms with Gasteiger partial charge in [-0.25, -0.2) is 0 Å². The van der Waals surface area contributed by atoms with Crippen molar-refractivity contribution >= 4 is 59.9 Å². The maximum atomic E-state index is 4.07. The molecule has 1 unspecified atom stereocenters. The number of hydrogen-bond acceptors (Lipinski definition) is 3. The Balaban J connectivity index is 1.13. The van der Waals surface area contributed by atoms with Crippen LogP contribution in [0.4, 0.5) is 28.4 Å². The number of anilines is 5. The van der Waals surface area contributed by atoms with E-state index < -0.39 is 5.41 Å². The second kappa shape index (κ2) is 14.0. The smallest absolute Gasteiger partial charge is 0.0714 e. The molecule has 9 aromatic rings. The van der Waals surface area contributed by atoms with Crippen LogP contribution in [-0.2, 0) is 5.41 Å². The molecule has 2 nitrogen and oxygen atoms in total. The lowest BCUT2D eigenvalue weighted by Gasteiger charge is -2.45. The molecule has 1 aliphatic carbocycles. The summed E-state index contributed by atoms with van der Waals surface area (Å²) in [6.07, 6.45) is 6.18. The van der Waals surface area contributed by atoms with Gasteiger partial charge in [0.25, 0.3) is 0 Å². The predicted molar refractivity (Wildman–Crippen MR) is 252 cm³/mol. The number of thiophene rings is 1. The highest BCUT2D eigenvalue weighted by Gasteiger charge is 2.51. The number of hydrogen-bond donors (Lipinski definition) is 0. The largest absolute Gasteiger partial charge is 0.310 e. The lowest BCUT2D eigenvalue weighted by molar-refractivity contribution is 0.717. The van der Waals surface area contributed by atoms with E-state index in [-0.39, 0.29) is 0 Å². The van der Waals surface area contributed by atoms with Crippen molar-refractivity contribution in [2.75, 3.05) is 9.80 Å². The molecular formula is C56H40N2S. The molecule has 2 aliphatic rings. The zero-order valence-corrected chi connectivity index (χ0v) is 33.5. The average molecular weight is 773 g/mol. The van der Waals surface area contributed by atoms with Gasteiger partial charge in [0.2, 0.25) is 0 Å². The summed E-state index contributed by atoms with van der Waals surface area (Å²) in [5, 5.41) is 2.55. The third kappa shape index (κ3) is 5.32. The van der Waals surface area contributed by atoms with Crippen LogP contribution in [0.3, 0.4) is 0 Å². The zero-order valence-electron chi connectivity index (χ0n) is 32.7. The Hall–Kier alpha value is -7.20. The first-order chi connectivity index (χ1) is 29.2. The summed E-state index contributed by atoms with van der Waals surface area (Å²) >= 11 is 1.86. The van der Waals surface area contributed by atoms with Crippen molar-refractivity contribution in [3.63, 3.8) is 0 Å². The molecule has 59 heavy (non-hydrogen) atoms. The van der Waals surface area contributed by atoms with Crippen LogP contribution >= 0.6 is 11.3 Å². The fraction of sp³-hybridized carbons (Fsp3) is 0.0357. The van der Waals surface area contributed by atoms with Crippen LogP contribution in [0.5, 0.6) is 0 Å². The molecule has 0 fully saturated rings. The summed E-state index contributed by atoms with van der Waals surface area (Å²) in [6.45, 7) is 6.40. The van der Waals surface area contributed by atoms with Crippen molar-refractivity contribution in [3.05, 3.63) is 247 Å². The fourth-order valence-corrected chi connectivity index (χ4v) is 10.9. The van der Waals surface area contributed by atoms with Gasteiger partial charge in [-0.05, 0) is 130 Å². The highest BCUT2D eigenvalue weighted by Crippen LogP contribution is 2.63. The first kappa shape index (κ1) is 35.0. The van der Waals surface area contributed by atoms with Crippen molar-refractivity contribution in [2.45, 2.75) is 12.3 Å². The van der Waals surface area contributed by atoms with Gasteiger partial charge in [-0.3, -0.25) is 0 Å². The van der Waals surface area contributed by atoms with Crippen LogP contribution in [-0.4, -0.2) is 0 Å². The van der Waals surface area contributed by atoms with Gasteiger partial charge in [0.05, 0.1) is 11.1 Å². The molecule has 1 aliphatic heterocycles. The van der Waals surface area contributed by atoms with E-state index in [2.05, 4.69) is 230 Å². The summed E-state index contributed by atoms with van der Waals surface area (Å²) in [7, 11) is 0. The van der Waals surface area contributed by atoms with Gasteiger partial charge >= 0.3 is 0 Å². The van der Waals surface area contributed by atoms with E-state index in [1.807, 2.05) is 17.4 Å². The Bertz CT molecular complexity index is 3100. The van der Waals surface area contributed by atoms with Gasteiger partial charge in [0.1, 0.15) is 0 Å². The van der Waals surface area contributed by atoms with Crippen molar-refractivity contribution in [3.8, 4) is 22.3 Å². The molecule has 1 aromatic heterocycles. The van der Waals surface area contributed by atoms with Crippen LogP contribution in [0, 0.1) is 0 Å². The fourth-order valence-electron chi connectivity index (χ4n) is 9.83. The van der Waals surface area contributed by atoms with Gasteiger partial charge < -0.3 is 9.80 Å². The van der Waals surface area contributed by atoms with Crippen molar-refractivity contribution in [1.82, 2.24) is 0 Å². The summed E-state index contributed by atoms with van der Waals surface area (Å²) in [5.74, 6) is 0. The minimum atomic E-state index is -0.503. The molecule has 0 bridgehead atoms. The van der Waals surface area contributed by atoms with Crippen molar-refractivity contribution in [1.29, 1.82) is 0 Å². The Morgan fingerprint density at radius 1 is 0.542 bits per heavy atom. The molecule has 280 valence electrons. The number of para-hydroxylation sites is 4. The molecule has 0 N–H and O–H groups in total. The summed E-state index contributed by atoms with van der Waals surface area (Å²) in [6, 6.07) is 71.1. The van der Waals surface area contributed by atoms with Gasteiger partial charge in [0, 0.05) is 48.6 Å². The monoisotopic (exact) mass is 772 g/mol. The molecule has 1 atom stereocenters. The molecule has 8 aromatic carbocycles. The first-order valence-corrected chi connectivity index (χ1v) is 21.0. The lowest BCUT2D eigenvalue weighted by Crippen LogP contribution is -2.37. The Morgan fingerprint density at radius 3 is 1.86 bits per heavy atom. The molecular weight excluding hydrogens is 733 g/mol. The molecule has 1 spiro atoms. The maximum Gasteiger partial charge on any atom is 0.0714 e. The van der Waals surface area contributed by atoms with E-state index in [1.54, 1.807) is 0 Å². The lowest BCUT2D eigenvalue weighted by atomic mass is 9.64. The average Bonchev–Trinajstić information content (AvgIpc) is 3.81. The number of benzene rings is 8. The molecule has 0 saturated heterocycles. The molecule has 0 radical (unpaired) electrons. The Morgan fingerprint density at radius 2 is 1.14 bits per heavy atom. The van der Waals surface area contributed by atoms with Crippen molar-refractivity contribution < 1.29 is 0 Å². The molecule has 0 amide bonds. The first-order valence-electron chi connectivity index (χ1n) is 20.2.